The second-order valence-corrected chi connectivity index (χ2v) is 6.71. The smallest absolute Gasteiger partial charge is 0.259 e. The van der Waals surface area contributed by atoms with Crippen LogP contribution in [0.15, 0.2) is 36.4 Å². The van der Waals surface area contributed by atoms with Crippen molar-refractivity contribution in [2.24, 2.45) is 0 Å². The molecule has 0 saturated heterocycles. The zero-order valence-corrected chi connectivity index (χ0v) is 15.5. The number of nitrogens with zero attached hydrogens (tertiary/aromatic N) is 1. The quantitative estimate of drug-likeness (QED) is 0.704. The Morgan fingerprint density at radius 1 is 1.17 bits per heavy atom. The minimum absolute atomic E-state index is 0.00666. The summed E-state index contributed by atoms with van der Waals surface area (Å²) in [6, 6.07) is 11.8. The predicted molar refractivity (Wildman–Crippen MR) is 98.7 cm³/mol. The number of rotatable bonds is 3. The van der Waals surface area contributed by atoms with Crippen LogP contribution in [0.2, 0.25) is 0 Å². The molecule has 0 bridgehead atoms. The molecule has 120 valence electrons. The third-order valence-corrected chi connectivity index (χ3v) is 5.02. The zero-order chi connectivity index (χ0) is 16.6. The van der Waals surface area contributed by atoms with Crippen LogP contribution in [0.25, 0.3) is 0 Å². The summed E-state index contributed by atoms with van der Waals surface area (Å²) in [5.41, 5.74) is 2.84. The lowest BCUT2D eigenvalue weighted by Gasteiger charge is -2.24. The van der Waals surface area contributed by atoms with Gasteiger partial charge in [-0.2, -0.15) is 0 Å². The third-order valence-electron chi connectivity index (χ3n) is 4.13. The first-order valence-electron chi connectivity index (χ1n) is 7.39. The van der Waals surface area contributed by atoms with Gasteiger partial charge in [0, 0.05) is 15.3 Å². The summed E-state index contributed by atoms with van der Waals surface area (Å²) in [6.07, 6.45) is 0.881. The van der Waals surface area contributed by atoms with Gasteiger partial charge in [0.1, 0.15) is 0 Å². The highest BCUT2D eigenvalue weighted by Crippen LogP contribution is 2.36. The van der Waals surface area contributed by atoms with E-state index in [4.69, 9.17) is 9.47 Å². The van der Waals surface area contributed by atoms with E-state index in [2.05, 4.69) is 35.6 Å². The molecule has 1 aliphatic heterocycles. The second-order valence-electron chi connectivity index (χ2n) is 5.54. The summed E-state index contributed by atoms with van der Waals surface area (Å²) in [4.78, 5) is 15.0. The highest BCUT2D eigenvalue weighted by atomic mass is 127. The lowest BCUT2D eigenvalue weighted by atomic mass is 10.1. The van der Waals surface area contributed by atoms with Crippen LogP contribution >= 0.6 is 22.6 Å². The van der Waals surface area contributed by atoms with E-state index in [1.165, 1.54) is 5.56 Å². The maximum absolute atomic E-state index is 13.1. The fraction of sp³-hybridized carbons (Fsp3) is 0.278. The Hall–Kier alpha value is -1.76. The Morgan fingerprint density at radius 2 is 1.83 bits per heavy atom. The Labute approximate surface area is 149 Å². The highest BCUT2D eigenvalue weighted by Gasteiger charge is 2.32. The Morgan fingerprint density at radius 3 is 2.52 bits per heavy atom. The number of benzene rings is 2. The van der Waals surface area contributed by atoms with Crippen molar-refractivity contribution in [1.29, 1.82) is 0 Å². The molecule has 5 heteroatoms. The van der Waals surface area contributed by atoms with E-state index in [-0.39, 0.29) is 11.9 Å². The van der Waals surface area contributed by atoms with Crippen molar-refractivity contribution in [2.75, 3.05) is 19.1 Å². The molecule has 0 aromatic heterocycles. The predicted octanol–water partition coefficient (Wildman–Crippen LogP) is 3.90. The number of ether oxygens (including phenoxy) is 2. The maximum atomic E-state index is 13.1. The van der Waals surface area contributed by atoms with E-state index in [0.29, 0.717) is 17.1 Å². The Kier molecular flexibility index (Phi) is 4.48. The molecule has 0 saturated carbocycles. The first-order chi connectivity index (χ1) is 11.1. The summed E-state index contributed by atoms with van der Waals surface area (Å²) in [5, 5.41) is 0. The average molecular weight is 423 g/mol. The standard InChI is InChI=1S/C18H18INO3/c1-11-8-12-6-4-5-7-15(12)20(11)18(21)13-9-16(22-2)17(23-3)10-14(13)19/h4-7,9-11H,8H2,1-3H3. The highest BCUT2D eigenvalue weighted by molar-refractivity contribution is 14.1. The topological polar surface area (TPSA) is 38.8 Å². The maximum Gasteiger partial charge on any atom is 0.259 e. The van der Waals surface area contributed by atoms with Crippen LogP contribution in [0.3, 0.4) is 0 Å². The largest absolute Gasteiger partial charge is 0.493 e. The molecule has 1 heterocycles. The number of carbonyl (C=O) groups excluding carboxylic acids is 1. The van der Waals surface area contributed by atoms with Gasteiger partial charge >= 0.3 is 0 Å². The molecule has 2 aromatic rings. The molecular weight excluding hydrogens is 405 g/mol. The van der Waals surface area contributed by atoms with Gasteiger partial charge in [-0.3, -0.25) is 4.79 Å². The lowest BCUT2D eigenvalue weighted by Crippen LogP contribution is -2.36. The van der Waals surface area contributed by atoms with E-state index in [9.17, 15) is 4.79 Å². The van der Waals surface area contributed by atoms with E-state index in [1.54, 1.807) is 20.3 Å². The van der Waals surface area contributed by atoms with Crippen LogP contribution in [-0.2, 0) is 6.42 Å². The summed E-state index contributed by atoms with van der Waals surface area (Å²) in [6.45, 7) is 2.07. The molecule has 2 aromatic carbocycles. The summed E-state index contributed by atoms with van der Waals surface area (Å²) < 4.78 is 11.5. The molecule has 0 radical (unpaired) electrons. The van der Waals surface area contributed by atoms with Gasteiger partial charge in [0.05, 0.1) is 19.8 Å². The molecule has 1 atom stereocenters. The third kappa shape index (κ3) is 2.78. The number of carbonyl (C=O) groups is 1. The molecule has 4 nitrogen and oxygen atoms in total. The molecule has 0 aliphatic carbocycles. The lowest BCUT2D eigenvalue weighted by molar-refractivity contribution is 0.0980. The zero-order valence-electron chi connectivity index (χ0n) is 13.3. The summed E-state index contributed by atoms with van der Waals surface area (Å²) >= 11 is 2.17. The average Bonchev–Trinajstić information content (AvgIpc) is 2.89. The Bertz CT molecular complexity index is 760. The summed E-state index contributed by atoms with van der Waals surface area (Å²) in [5.74, 6) is 1.19. The number of hydrogen-bond acceptors (Lipinski definition) is 3. The first-order valence-corrected chi connectivity index (χ1v) is 8.47. The Balaban J connectivity index is 2.04. The minimum Gasteiger partial charge on any atom is -0.493 e. The van der Waals surface area contributed by atoms with E-state index >= 15 is 0 Å². The molecule has 0 N–H and O–H groups in total. The molecule has 1 aliphatic rings. The molecule has 23 heavy (non-hydrogen) atoms. The number of fused-ring (bicyclic) bond motifs is 1. The van der Waals surface area contributed by atoms with Crippen LogP contribution in [0.5, 0.6) is 11.5 Å². The van der Waals surface area contributed by atoms with Crippen LogP contribution in [0.1, 0.15) is 22.8 Å². The number of halogens is 1. The molecular formula is C18H18INO3. The van der Waals surface area contributed by atoms with Gasteiger partial charge in [-0.05, 0) is 59.7 Å². The van der Waals surface area contributed by atoms with Gasteiger partial charge in [0.15, 0.2) is 11.5 Å². The number of anilines is 1. The van der Waals surface area contributed by atoms with Crippen LogP contribution < -0.4 is 14.4 Å². The van der Waals surface area contributed by atoms with Crippen molar-refractivity contribution in [3.05, 3.63) is 51.1 Å². The SMILES string of the molecule is COc1cc(I)c(C(=O)N2c3ccccc3CC2C)cc1OC. The number of hydrogen-bond donors (Lipinski definition) is 0. The van der Waals surface area contributed by atoms with Gasteiger partial charge in [-0.1, -0.05) is 18.2 Å². The van der Waals surface area contributed by atoms with Crippen molar-refractivity contribution in [1.82, 2.24) is 0 Å². The molecule has 1 unspecified atom stereocenters. The van der Waals surface area contributed by atoms with E-state index in [1.807, 2.05) is 29.2 Å². The fourth-order valence-corrected chi connectivity index (χ4v) is 3.69. The molecule has 1 amide bonds. The van der Waals surface area contributed by atoms with Crippen molar-refractivity contribution >= 4 is 34.2 Å². The van der Waals surface area contributed by atoms with Gasteiger partial charge < -0.3 is 14.4 Å². The number of methoxy groups -OCH3 is 2. The normalized spacial score (nSPS) is 16.2. The molecule has 0 fully saturated rings. The van der Waals surface area contributed by atoms with Crippen molar-refractivity contribution in [3.8, 4) is 11.5 Å². The second kappa shape index (κ2) is 6.39. The number of para-hydroxylation sites is 1. The van der Waals surface area contributed by atoms with Gasteiger partial charge in [-0.15, -0.1) is 0 Å². The fourth-order valence-electron chi connectivity index (χ4n) is 3.02. The molecule has 0 spiro atoms. The van der Waals surface area contributed by atoms with E-state index < -0.39 is 0 Å². The monoisotopic (exact) mass is 423 g/mol. The van der Waals surface area contributed by atoms with Crippen molar-refractivity contribution in [3.63, 3.8) is 0 Å². The van der Waals surface area contributed by atoms with Crippen LogP contribution in [-0.4, -0.2) is 26.2 Å². The van der Waals surface area contributed by atoms with E-state index in [0.717, 1.165) is 15.7 Å². The first kappa shape index (κ1) is 16.1. The van der Waals surface area contributed by atoms with Crippen LogP contribution in [0.4, 0.5) is 5.69 Å². The summed E-state index contributed by atoms with van der Waals surface area (Å²) in [7, 11) is 3.17. The van der Waals surface area contributed by atoms with Crippen LogP contribution in [0, 0.1) is 3.57 Å². The van der Waals surface area contributed by atoms with Gasteiger partial charge in [0.25, 0.3) is 5.91 Å². The van der Waals surface area contributed by atoms with Crippen molar-refractivity contribution < 1.29 is 14.3 Å². The minimum atomic E-state index is -0.00666. The molecule has 3 rings (SSSR count). The number of amides is 1. The van der Waals surface area contributed by atoms with Gasteiger partial charge in [0.2, 0.25) is 0 Å². The van der Waals surface area contributed by atoms with Crippen molar-refractivity contribution in [2.45, 2.75) is 19.4 Å². The van der Waals surface area contributed by atoms with Gasteiger partial charge in [-0.25, -0.2) is 0 Å².